The van der Waals surface area contributed by atoms with Crippen LogP contribution in [0.3, 0.4) is 0 Å². The molecule has 1 heterocycles. The fourth-order valence-corrected chi connectivity index (χ4v) is 5.12. The zero-order valence-corrected chi connectivity index (χ0v) is 18.7. The number of hydrogen-bond acceptors (Lipinski definition) is 5. The second kappa shape index (κ2) is 9.88. The van der Waals surface area contributed by atoms with E-state index in [1.54, 1.807) is 17.6 Å². The monoisotopic (exact) mass is 445 g/mol. The Labute approximate surface area is 186 Å². The third kappa shape index (κ3) is 4.59. The van der Waals surface area contributed by atoms with Gasteiger partial charge in [-0.05, 0) is 44.7 Å². The normalized spacial score (nSPS) is 17.7. The summed E-state index contributed by atoms with van der Waals surface area (Å²) in [5.41, 5.74) is -0.182. The Bertz CT molecular complexity index is 1100. The number of esters is 1. The lowest BCUT2D eigenvalue weighted by molar-refractivity contribution is -0.143. The van der Waals surface area contributed by atoms with Crippen LogP contribution in [0.1, 0.15) is 77.2 Å². The molecule has 7 nitrogen and oxygen atoms in total. The number of hydrogen-bond donors (Lipinski definition) is 1. The molecule has 0 radical (unpaired) electrons. The van der Waals surface area contributed by atoms with Crippen molar-refractivity contribution in [3.8, 4) is 0 Å². The van der Waals surface area contributed by atoms with Crippen molar-refractivity contribution < 1.29 is 13.9 Å². The highest BCUT2D eigenvalue weighted by molar-refractivity contribution is 5.82. The minimum absolute atomic E-state index is 0.0348. The minimum Gasteiger partial charge on any atom is -0.466 e. The molecule has 8 heteroatoms. The van der Waals surface area contributed by atoms with Gasteiger partial charge in [0.25, 0.3) is 5.56 Å². The van der Waals surface area contributed by atoms with E-state index in [2.05, 4.69) is 5.32 Å². The van der Waals surface area contributed by atoms with Crippen molar-refractivity contribution in [1.82, 2.24) is 9.13 Å². The van der Waals surface area contributed by atoms with Crippen molar-refractivity contribution in [3.63, 3.8) is 0 Å². The molecule has 0 spiro atoms. The Morgan fingerprint density at radius 3 is 2.47 bits per heavy atom. The molecule has 1 N–H and O–H groups in total. The number of aromatic nitrogens is 2. The Morgan fingerprint density at radius 2 is 1.78 bits per heavy atom. The number of nitrogens with zero attached hydrogens (tertiary/aromatic N) is 2. The van der Waals surface area contributed by atoms with Gasteiger partial charge in [-0.2, -0.15) is 0 Å². The summed E-state index contributed by atoms with van der Waals surface area (Å²) < 4.78 is 22.7. The minimum atomic E-state index is -0.563. The zero-order chi connectivity index (χ0) is 22.7. The molecule has 2 aliphatic rings. The van der Waals surface area contributed by atoms with Crippen molar-refractivity contribution >= 4 is 22.6 Å². The van der Waals surface area contributed by atoms with Gasteiger partial charge < -0.3 is 10.1 Å². The Hall–Kier alpha value is -2.64. The molecule has 2 fully saturated rings. The molecule has 4 rings (SSSR count). The van der Waals surface area contributed by atoms with Crippen molar-refractivity contribution in [2.45, 2.75) is 89.8 Å². The lowest BCUT2D eigenvalue weighted by Crippen LogP contribution is -2.41. The Kier molecular flexibility index (Phi) is 6.96. The SMILES string of the molecule is CCOC(=O)CCn1c(=O)c2cc(F)c(NC3CCCCC3)cc2n(C2CCCC2)c1=O. The lowest BCUT2D eigenvalue weighted by Gasteiger charge is -2.25. The van der Waals surface area contributed by atoms with Gasteiger partial charge in [-0.25, -0.2) is 9.18 Å². The number of ether oxygens (including phenoxy) is 1. The molecular formula is C24H32FN3O4. The number of nitrogens with one attached hydrogen (secondary N) is 1. The molecule has 2 saturated carbocycles. The quantitative estimate of drug-likeness (QED) is 0.649. The van der Waals surface area contributed by atoms with Crippen LogP contribution in [0.2, 0.25) is 0 Å². The summed E-state index contributed by atoms with van der Waals surface area (Å²) in [5, 5.41) is 3.48. The van der Waals surface area contributed by atoms with Crippen molar-refractivity contribution in [3.05, 3.63) is 38.8 Å². The first-order valence-electron chi connectivity index (χ1n) is 11.9. The molecule has 174 valence electrons. The van der Waals surface area contributed by atoms with E-state index < -0.39 is 23.0 Å². The Morgan fingerprint density at radius 1 is 1.09 bits per heavy atom. The van der Waals surface area contributed by atoms with Crippen LogP contribution in [0.5, 0.6) is 0 Å². The highest BCUT2D eigenvalue weighted by Gasteiger charge is 2.25. The van der Waals surface area contributed by atoms with Gasteiger partial charge in [-0.15, -0.1) is 0 Å². The van der Waals surface area contributed by atoms with Gasteiger partial charge in [0.05, 0.1) is 29.6 Å². The second-order valence-electron chi connectivity index (χ2n) is 8.93. The fourth-order valence-electron chi connectivity index (χ4n) is 5.12. The maximum Gasteiger partial charge on any atom is 0.331 e. The first kappa shape index (κ1) is 22.6. The van der Waals surface area contributed by atoms with Gasteiger partial charge in [0, 0.05) is 18.6 Å². The zero-order valence-electron chi connectivity index (χ0n) is 18.7. The Balaban J connectivity index is 1.79. The predicted molar refractivity (Wildman–Crippen MR) is 122 cm³/mol. The maximum absolute atomic E-state index is 15.0. The van der Waals surface area contributed by atoms with E-state index in [-0.39, 0.29) is 37.0 Å². The first-order chi connectivity index (χ1) is 15.5. The molecule has 0 amide bonds. The molecule has 0 atom stereocenters. The predicted octanol–water partition coefficient (Wildman–Crippen LogP) is 4.12. The molecule has 0 unspecified atom stereocenters. The highest BCUT2D eigenvalue weighted by atomic mass is 19.1. The number of carbonyl (C=O) groups excluding carboxylic acids is 1. The number of anilines is 1. The van der Waals surface area contributed by atoms with Gasteiger partial charge >= 0.3 is 11.7 Å². The molecule has 0 bridgehead atoms. The average Bonchev–Trinajstić information content (AvgIpc) is 3.30. The van der Waals surface area contributed by atoms with Gasteiger partial charge in [-0.3, -0.25) is 18.7 Å². The molecule has 1 aromatic carbocycles. The van der Waals surface area contributed by atoms with Crippen molar-refractivity contribution in [1.29, 1.82) is 0 Å². The summed E-state index contributed by atoms with van der Waals surface area (Å²) in [6.45, 7) is 1.86. The number of rotatable bonds is 7. The van der Waals surface area contributed by atoms with Crippen LogP contribution in [0.15, 0.2) is 21.7 Å². The van der Waals surface area contributed by atoms with E-state index in [0.29, 0.717) is 11.2 Å². The van der Waals surface area contributed by atoms with Gasteiger partial charge in [0.1, 0.15) is 5.82 Å². The lowest BCUT2D eigenvalue weighted by atomic mass is 9.95. The molecular weight excluding hydrogens is 413 g/mol. The van der Waals surface area contributed by atoms with Crippen molar-refractivity contribution in [2.75, 3.05) is 11.9 Å². The second-order valence-corrected chi connectivity index (χ2v) is 8.93. The summed E-state index contributed by atoms with van der Waals surface area (Å²) in [4.78, 5) is 38.4. The average molecular weight is 446 g/mol. The summed E-state index contributed by atoms with van der Waals surface area (Å²) in [7, 11) is 0. The molecule has 0 aliphatic heterocycles. The number of benzene rings is 1. The maximum atomic E-state index is 15.0. The molecule has 2 aromatic rings. The summed E-state index contributed by atoms with van der Waals surface area (Å²) in [6.07, 6.45) is 9.03. The first-order valence-corrected chi connectivity index (χ1v) is 11.9. The molecule has 32 heavy (non-hydrogen) atoms. The topological polar surface area (TPSA) is 82.3 Å². The van der Waals surface area contributed by atoms with Crippen LogP contribution >= 0.6 is 0 Å². The van der Waals surface area contributed by atoms with Crippen LogP contribution in [0.4, 0.5) is 10.1 Å². The van der Waals surface area contributed by atoms with Crippen LogP contribution < -0.4 is 16.6 Å². The largest absolute Gasteiger partial charge is 0.466 e. The van der Waals surface area contributed by atoms with Crippen LogP contribution in [-0.4, -0.2) is 27.8 Å². The molecule has 0 saturated heterocycles. The highest BCUT2D eigenvalue weighted by Crippen LogP contribution is 2.32. The van der Waals surface area contributed by atoms with Crippen LogP contribution in [0.25, 0.3) is 10.9 Å². The van der Waals surface area contributed by atoms with E-state index in [9.17, 15) is 14.4 Å². The van der Waals surface area contributed by atoms with Crippen LogP contribution in [0, 0.1) is 5.82 Å². The van der Waals surface area contributed by atoms with Gasteiger partial charge in [0.2, 0.25) is 0 Å². The van der Waals surface area contributed by atoms with E-state index in [0.717, 1.165) is 55.9 Å². The van der Waals surface area contributed by atoms with E-state index in [4.69, 9.17) is 4.74 Å². The fraction of sp³-hybridized carbons (Fsp3) is 0.625. The standard InChI is InChI=1S/C24H32FN3O4/c1-2-32-22(29)12-13-27-23(30)18-14-19(25)20(26-16-8-4-3-5-9-16)15-21(18)28(24(27)31)17-10-6-7-11-17/h14-17,26H,2-13H2,1H3. The molecule has 2 aliphatic carbocycles. The van der Waals surface area contributed by atoms with E-state index in [1.165, 1.54) is 12.5 Å². The van der Waals surface area contributed by atoms with Gasteiger partial charge in [0.15, 0.2) is 0 Å². The third-order valence-corrected chi connectivity index (χ3v) is 6.76. The van der Waals surface area contributed by atoms with Crippen LogP contribution in [-0.2, 0) is 16.1 Å². The van der Waals surface area contributed by atoms with Gasteiger partial charge in [-0.1, -0.05) is 32.1 Å². The number of fused-ring (bicyclic) bond motifs is 1. The number of carbonyl (C=O) groups is 1. The summed E-state index contributed by atoms with van der Waals surface area (Å²) >= 11 is 0. The third-order valence-electron chi connectivity index (χ3n) is 6.76. The number of halogens is 1. The van der Waals surface area contributed by atoms with Crippen molar-refractivity contribution in [2.24, 2.45) is 0 Å². The van der Waals surface area contributed by atoms with E-state index in [1.807, 2.05) is 0 Å². The smallest absolute Gasteiger partial charge is 0.331 e. The molecule has 1 aromatic heterocycles. The van der Waals surface area contributed by atoms with E-state index >= 15 is 4.39 Å². The summed E-state index contributed by atoms with van der Waals surface area (Å²) in [6, 6.07) is 3.05. The summed E-state index contributed by atoms with van der Waals surface area (Å²) in [5.74, 6) is -0.960.